The van der Waals surface area contributed by atoms with Gasteiger partial charge in [0.25, 0.3) is 0 Å². The number of ether oxygens (including phenoxy) is 2. The summed E-state index contributed by atoms with van der Waals surface area (Å²) in [7, 11) is 1.44. The van der Waals surface area contributed by atoms with Crippen LogP contribution in [0.2, 0.25) is 0 Å². The van der Waals surface area contributed by atoms with Crippen LogP contribution in [0.25, 0.3) is 22.4 Å². The zero-order chi connectivity index (χ0) is 19.2. The molecule has 0 unspecified atom stereocenters. The van der Waals surface area contributed by atoms with E-state index in [1.165, 1.54) is 19.4 Å². The first kappa shape index (κ1) is 18.1. The van der Waals surface area contributed by atoms with Gasteiger partial charge in [-0.3, -0.25) is 4.98 Å². The maximum absolute atomic E-state index is 11.5. The van der Waals surface area contributed by atoms with E-state index in [1.54, 1.807) is 6.07 Å². The van der Waals surface area contributed by atoms with Gasteiger partial charge in [0, 0.05) is 12.7 Å². The van der Waals surface area contributed by atoms with E-state index in [4.69, 9.17) is 9.47 Å². The van der Waals surface area contributed by atoms with Gasteiger partial charge in [0.2, 0.25) is 0 Å². The zero-order valence-electron chi connectivity index (χ0n) is 14.5. The SMILES string of the molecule is COCOc1cnc(-c2ccc(-c3ccccc3)c(C#N)c2)cc1C(=O)O. The van der Waals surface area contributed by atoms with Gasteiger partial charge in [0.15, 0.2) is 12.5 Å². The zero-order valence-corrected chi connectivity index (χ0v) is 14.5. The van der Waals surface area contributed by atoms with Gasteiger partial charge in [-0.2, -0.15) is 5.26 Å². The van der Waals surface area contributed by atoms with E-state index in [-0.39, 0.29) is 18.1 Å². The van der Waals surface area contributed by atoms with E-state index in [9.17, 15) is 15.2 Å². The molecule has 0 saturated heterocycles. The number of aromatic carboxylic acids is 1. The van der Waals surface area contributed by atoms with E-state index in [1.807, 2.05) is 42.5 Å². The van der Waals surface area contributed by atoms with Crippen LogP contribution in [-0.2, 0) is 4.74 Å². The smallest absolute Gasteiger partial charge is 0.339 e. The summed E-state index contributed by atoms with van der Waals surface area (Å²) in [5.41, 5.74) is 3.28. The van der Waals surface area contributed by atoms with Crippen LogP contribution in [0.1, 0.15) is 15.9 Å². The minimum absolute atomic E-state index is 0.0253. The van der Waals surface area contributed by atoms with Gasteiger partial charge in [0.1, 0.15) is 5.56 Å². The Labute approximate surface area is 156 Å². The largest absolute Gasteiger partial charge is 0.478 e. The van der Waals surface area contributed by atoms with Crippen molar-refractivity contribution in [3.05, 3.63) is 71.9 Å². The predicted molar refractivity (Wildman–Crippen MR) is 99.3 cm³/mol. The average Bonchev–Trinajstić information content (AvgIpc) is 2.72. The van der Waals surface area contributed by atoms with E-state index in [2.05, 4.69) is 11.1 Å². The number of rotatable bonds is 6. The molecule has 0 atom stereocenters. The molecule has 1 heterocycles. The summed E-state index contributed by atoms with van der Waals surface area (Å²) >= 11 is 0. The number of carboxylic acids is 1. The second kappa shape index (κ2) is 8.13. The normalized spacial score (nSPS) is 10.2. The van der Waals surface area contributed by atoms with Gasteiger partial charge in [-0.1, -0.05) is 42.5 Å². The third-order valence-electron chi connectivity index (χ3n) is 3.95. The third-order valence-corrected chi connectivity index (χ3v) is 3.95. The molecule has 2 aromatic carbocycles. The molecule has 6 nitrogen and oxygen atoms in total. The highest BCUT2D eigenvalue weighted by Crippen LogP contribution is 2.29. The predicted octanol–water partition coefficient (Wildman–Crippen LogP) is 3.97. The van der Waals surface area contributed by atoms with E-state index in [0.717, 1.165) is 11.1 Å². The maximum atomic E-state index is 11.5. The Bertz CT molecular complexity index is 1010. The van der Waals surface area contributed by atoms with E-state index >= 15 is 0 Å². The van der Waals surface area contributed by atoms with Gasteiger partial charge >= 0.3 is 5.97 Å². The molecule has 0 fully saturated rings. The van der Waals surface area contributed by atoms with Crippen molar-refractivity contribution in [3.8, 4) is 34.2 Å². The summed E-state index contributed by atoms with van der Waals surface area (Å²) in [6, 6.07) is 18.5. The Kier molecular flexibility index (Phi) is 5.45. The molecule has 1 N–H and O–H groups in total. The third kappa shape index (κ3) is 3.94. The van der Waals surface area contributed by atoms with Crippen molar-refractivity contribution in [1.82, 2.24) is 4.98 Å². The summed E-state index contributed by atoms with van der Waals surface area (Å²) in [5.74, 6) is -1.01. The number of carbonyl (C=O) groups is 1. The fourth-order valence-corrected chi connectivity index (χ4v) is 2.67. The van der Waals surface area contributed by atoms with Gasteiger partial charge in [0.05, 0.1) is 23.5 Å². The van der Waals surface area contributed by atoms with Gasteiger partial charge in [-0.05, 0) is 23.3 Å². The molecule has 0 radical (unpaired) electrons. The van der Waals surface area contributed by atoms with Crippen LogP contribution in [-0.4, -0.2) is 30.0 Å². The number of nitrogens with zero attached hydrogens (tertiary/aromatic N) is 2. The number of hydrogen-bond donors (Lipinski definition) is 1. The summed E-state index contributed by atoms with van der Waals surface area (Å²) in [4.78, 5) is 15.8. The lowest BCUT2D eigenvalue weighted by molar-refractivity contribution is 0.0481. The summed E-state index contributed by atoms with van der Waals surface area (Å²) < 4.78 is 10.0. The molecule has 0 spiro atoms. The Morgan fingerprint density at radius 3 is 2.59 bits per heavy atom. The Morgan fingerprint density at radius 1 is 1.15 bits per heavy atom. The Morgan fingerprint density at radius 2 is 1.93 bits per heavy atom. The Balaban J connectivity index is 2.03. The number of carboxylic acid groups (broad SMARTS) is 1. The average molecular weight is 360 g/mol. The van der Waals surface area contributed by atoms with Crippen molar-refractivity contribution in [1.29, 1.82) is 5.26 Å². The fourth-order valence-electron chi connectivity index (χ4n) is 2.67. The highest BCUT2D eigenvalue weighted by molar-refractivity contribution is 5.92. The van der Waals surface area contributed by atoms with E-state index < -0.39 is 5.97 Å². The minimum Gasteiger partial charge on any atom is -0.478 e. The van der Waals surface area contributed by atoms with Crippen LogP contribution in [0.5, 0.6) is 5.75 Å². The van der Waals surface area contributed by atoms with Crippen molar-refractivity contribution in [2.75, 3.05) is 13.9 Å². The van der Waals surface area contributed by atoms with Gasteiger partial charge in [-0.25, -0.2) is 4.79 Å². The van der Waals surface area contributed by atoms with Crippen LogP contribution in [0, 0.1) is 11.3 Å². The molecule has 0 aliphatic heterocycles. The monoisotopic (exact) mass is 360 g/mol. The molecular formula is C21H16N2O4. The van der Waals surface area contributed by atoms with Crippen LogP contribution < -0.4 is 4.74 Å². The van der Waals surface area contributed by atoms with Crippen LogP contribution >= 0.6 is 0 Å². The molecule has 0 aliphatic rings. The summed E-state index contributed by atoms with van der Waals surface area (Å²) in [6.07, 6.45) is 1.34. The van der Waals surface area contributed by atoms with Crippen molar-refractivity contribution in [3.63, 3.8) is 0 Å². The quantitative estimate of drug-likeness (QED) is 0.669. The molecule has 0 aliphatic carbocycles. The summed E-state index contributed by atoms with van der Waals surface area (Å²) in [6.45, 7) is -0.0777. The first-order valence-corrected chi connectivity index (χ1v) is 8.09. The number of aromatic nitrogens is 1. The molecule has 1 aromatic heterocycles. The second-order valence-corrected chi connectivity index (χ2v) is 5.66. The van der Waals surface area contributed by atoms with Gasteiger partial charge in [-0.15, -0.1) is 0 Å². The molecule has 0 bridgehead atoms. The Hall–Kier alpha value is -3.69. The van der Waals surface area contributed by atoms with Crippen LogP contribution in [0.3, 0.4) is 0 Å². The molecule has 27 heavy (non-hydrogen) atoms. The number of pyridine rings is 1. The number of benzene rings is 2. The molecule has 134 valence electrons. The maximum Gasteiger partial charge on any atom is 0.339 e. The summed E-state index contributed by atoms with van der Waals surface area (Å²) in [5, 5.41) is 19.0. The molecule has 0 amide bonds. The van der Waals surface area contributed by atoms with Crippen molar-refractivity contribution in [2.45, 2.75) is 0 Å². The minimum atomic E-state index is -1.13. The van der Waals surface area contributed by atoms with Crippen molar-refractivity contribution in [2.24, 2.45) is 0 Å². The number of hydrogen-bond acceptors (Lipinski definition) is 5. The molecule has 3 aromatic rings. The highest BCUT2D eigenvalue weighted by Gasteiger charge is 2.15. The standard InChI is InChI=1S/C21H16N2O4/c1-26-13-27-20-12-23-19(10-18(20)21(24)25)15-7-8-17(16(9-15)11-22)14-5-3-2-4-6-14/h2-10,12H,13H2,1H3,(H,24,25). The molecular weight excluding hydrogens is 344 g/mol. The topological polar surface area (TPSA) is 92.4 Å². The van der Waals surface area contributed by atoms with E-state index in [0.29, 0.717) is 16.8 Å². The lowest BCUT2D eigenvalue weighted by Gasteiger charge is -2.11. The van der Waals surface area contributed by atoms with Crippen molar-refractivity contribution >= 4 is 5.97 Å². The molecule has 6 heteroatoms. The van der Waals surface area contributed by atoms with Crippen LogP contribution in [0.4, 0.5) is 0 Å². The molecule has 3 rings (SSSR count). The van der Waals surface area contributed by atoms with Crippen molar-refractivity contribution < 1.29 is 19.4 Å². The number of nitriles is 1. The van der Waals surface area contributed by atoms with Gasteiger partial charge < -0.3 is 14.6 Å². The fraction of sp³-hybridized carbons (Fsp3) is 0.0952. The lowest BCUT2D eigenvalue weighted by Crippen LogP contribution is -2.06. The first-order chi connectivity index (χ1) is 13.1. The lowest BCUT2D eigenvalue weighted by atomic mass is 9.97. The first-order valence-electron chi connectivity index (χ1n) is 8.09. The number of methoxy groups -OCH3 is 1. The molecule has 0 saturated carbocycles. The highest BCUT2D eigenvalue weighted by atomic mass is 16.7. The van der Waals surface area contributed by atoms with Crippen LogP contribution in [0.15, 0.2) is 60.8 Å². The second-order valence-electron chi connectivity index (χ2n) is 5.66.